The maximum absolute atomic E-state index is 9.76. The summed E-state index contributed by atoms with van der Waals surface area (Å²) < 4.78 is 7.37. The summed E-state index contributed by atoms with van der Waals surface area (Å²) in [6.07, 6.45) is 4.26. The number of ether oxygens (including phenoxy) is 1. The number of hydrogen-bond donors (Lipinski definition) is 2. The van der Waals surface area contributed by atoms with Crippen LogP contribution in [-0.2, 0) is 17.9 Å². The molecular weight excluding hydrogens is 274 g/mol. The van der Waals surface area contributed by atoms with Crippen LogP contribution in [0.5, 0.6) is 0 Å². The Morgan fingerprint density at radius 2 is 2.40 bits per heavy atom. The van der Waals surface area contributed by atoms with Crippen molar-refractivity contribution in [3.63, 3.8) is 0 Å². The first kappa shape index (κ1) is 15.2. The molecule has 0 radical (unpaired) electrons. The van der Waals surface area contributed by atoms with Crippen molar-refractivity contribution in [3.05, 3.63) is 40.8 Å². The van der Waals surface area contributed by atoms with Crippen LogP contribution in [-0.4, -0.2) is 40.7 Å². The minimum Gasteiger partial charge on any atom is -0.389 e. The van der Waals surface area contributed by atoms with E-state index in [0.717, 1.165) is 19.5 Å². The number of hydrogen-bond acceptors (Lipinski definition) is 5. The highest BCUT2D eigenvalue weighted by Gasteiger charge is 2.04. The molecule has 0 aliphatic carbocycles. The molecule has 0 bridgehead atoms. The van der Waals surface area contributed by atoms with Crippen LogP contribution in [0.3, 0.4) is 0 Å². The fraction of sp³-hybridized carbons (Fsp3) is 0.500. The molecule has 110 valence electrons. The van der Waals surface area contributed by atoms with Crippen LogP contribution in [0.25, 0.3) is 0 Å². The monoisotopic (exact) mass is 295 g/mol. The zero-order valence-electron chi connectivity index (χ0n) is 11.4. The van der Waals surface area contributed by atoms with Gasteiger partial charge in [-0.2, -0.15) is 5.10 Å². The number of nitrogens with one attached hydrogen (secondary N) is 1. The Morgan fingerprint density at radius 3 is 3.15 bits per heavy atom. The summed E-state index contributed by atoms with van der Waals surface area (Å²) in [6.45, 7) is 3.26. The molecular formula is C14H21N3O2S. The standard InChI is InChI=1S/C14H21N3O2S/c18-13(11-19-12-14-4-1-9-20-14)10-15-5-2-7-17-8-3-6-16-17/h1,3-4,6,8-9,13,15,18H,2,5,7,10-12H2. The van der Waals surface area contributed by atoms with Crippen molar-refractivity contribution in [2.45, 2.75) is 25.7 Å². The lowest BCUT2D eigenvalue weighted by Crippen LogP contribution is -2.31. The molecule has 2 N–H and O–H groups in total. The largest absolute Gasteiger partial charge is 0.389 e. The molecule has 0 amide bonds. The van der Waals surface area contributed by atoms with Gasteiger partial charge in [-0.25, -0.2) is 0 Å². The van der Waals surface area contributed by atoms with Crippen LogP contribution in [0.1, 0.15) is 11.3 Å². The molecule has 0 saturated carbocycles. The van der Waals surface area contributed by atoms with Crippen molar-refractivity contribution in [2.24, 2.45) is 0 Å². The molecule has 2 heterocycles. The topological polar surface area (TPSA) is 59.3 Å². The van der Waals surface area contributed by atoms with Gasteiger partial charge in [0.2, 0.25) is 0 Å². The second-order valence-electron chi connectivity index (χ2n) is 4.58. The normalized spacial score (nSPS) is 12.7. The summed E-state index contributed by atoms with van der Waals surface area (Å²) in [5.74, 6) is 0. The minimum atomic E-state index is -0.459. The molecule has 0 aromatic carbocycles. The Labute approximate surface area is 123 Å². The summed E-state index contributed by atoms with van der Waals surface area (Å²) in [6, 6.07) is 5.95. The van der Waals surface area contributed by atoms with Crippen molar-refractivity contribution in [2.75, 3.05) is 19.7 Å². The van der Waals surface area contributed by atoms with Gasteiger partial charge in [-0.3, -0.25) is 4.68 Å². The predicted molar refractivity (Wildman–Crippen MR) is 79.7 cm³/mol. The van der Waals surface area contributed by atoms with E-state index in [1.165, 1.54) is 4.88 Å². The maximum atomic E-state index is 9.76. The van der Waals surface area contributed by atoms with Gasteiger partial charge in [-0.15, -0.1) is 11.3 Å². The molecule has 5 nitrogen and oxygen atoms in total. The van der Waals surface area contributed by atoms with Crippen molar-refractivity contribution < 1.29 is 9.84 Å². The molecule has 0 fully saturated rings. The second-order valence-corrected chi connectivity index (χ2v) is 5.61. The van der Waals surface area contributed by atoms with E-state index < -0.39 is 6.10 Å². The highest BCUT2D eigenvalue weighted by atomic mass is 32.1. The summed E-state index contributed by atoms with van der Waals surface area (Å²) in [5, 5.41) is 19.1. The number of thiophene rings is 1. The number of rotatable bonds is 10. The molecule has 2 rings (SSSR count). The van der Waals surface area contributed by atoms with Gasteiger partial charge >= 0.3 is 0 Å². The van der Waals surface area contributed by atoms with Crippen molar-refractivity contribution in [1.29, 1.82) is 0 Å². The van der Waals surface area contributed by atoms with Crippen LogP contribution in [0.4, 0.5) is 0 Å². The maximum Gasteiger partial charge on any atom is 0.0897 e. The summed E-state index contributed by atoms with van der Waals surface area (Å²) in [5.41, 5.74) is 0. The van der Waals surface area contributed by atoms with Gasteiger partial charge in [0.1, 0.15) is 0 Å². The average molecular weight is 295 g/mol. The molecule has 0 aliphatic rings. The van der Waals surface area contributed by atoms with Crippen LogP contribution >= 0.6 is 11.3 Å². The van der Waals surface area contributed by atoms with Crippen LogP contribution in [0.2, 0.25) is 0 Å². The minimum absolute atomic E-state index is 0.365. The number of aliphatic hydroxyl groups is 1. The van der Waals surface area contributed by atoms with Gasteiger partial charge in [-0.1, -0.05) is 6.07 Å². The quantitative estimate of drug-likeness (QED) is 0.652. The Bertz CT molecular complexity index is 445. The molecule has 20 heavy (non-hydrogen) atoms. The van der Waals surface area contributed by atoms with Crippen LogP contribution < -0.4 is 5.32 Å². The van der Waals surface area contributed by atoms with E-state index in [-0.39, 0.29) is 0 Å². The van der Waals surface area contributed by atoms with Crippen LogP contribution in [0, 0.1) is 0 Å². The lowest BCUT2D eigenvalue weighted by atomic mass is 10.3. The molecule has 1 atom stereocenters. The lowest BCUT2D eigenvalue weighted by molar-refractivity contribution is 0.0299. The Hall–Kier alpha value is -1.21. The van der Waals surface area contributed by atoms with E-state index in [1.54, 1.807) is 17.5 Å². The molecule has 0 spiro atoms. The summed E-state index contributed by atoms with van der Waals surface area (Å²) in [7, 11) is 0. The van der Waals surface area contributed by atoms with Gasteiger partial charge in [0.05, 0.1) is 19.3 Å². The number of aliphatic hydroxyl groups excluding tert-OH is 1. The first-order chi connectivity index (χ1) is 9.84. The molecule has 0 aliphatic heterocycles. The van der Waals surface area contributed by atoms with Gasteiger partial charge < -0.3 is 15.2 Å². The fourth-order valence-corrected chi connectivity index (χ4v) is 2.46. The van der Waals surface area contributed by atoms with Gasteiger partial charge in [0.25, 0.3) is 0 Å². The third-order valence-corrected chi connectivity index (χ3v) is 3.66. The molecule has 2 aromatic rings. The fourth-order valence-electron chi connectivity index (χ4n) is 1.82. The van der Waals surface area contributed by atoms with Crippen LogP contribution in [0.15, 0.2) is 36.0 Å². The average Bonchev–Trinajstić information content (AvgIpc) is 3.11. The smallest absolute Gasteiger partial charge is 0.0897 e. The number of aromatic nitrogens is 2. The van der Waals surface area contributed by atoms with Gasteiger partial charge in [0.15, 0.2) is 0 Å². The van der Waals surface area contributed by atoms with E-state index in [4.69, 9.17) is 4.74 Å². The highest BCUT2D eigenvalue weighted by Crippen LogP contribution is 2.09. The molecule has 0 saturated heterocycles. The SMILES string of the molecule is OC(CNCCCn1cccn1)COCc1cccs1. The summed E-state index contributed by atoms with van der Waals surface area (Å²) in [4.78, 5) is 1.18. The van der Waals surface area contributed by atoms with Crippen molar-refractivity contribution in [1.82, 2.24) is 15.1 Å². The number of nitrogens with zero attached hydrogens (tertiary/aromatic N) is 2. The second kappa shape index (κ2) is 8.86. The molecule has 1 unspecified atom stereocenters. The van der Waals surface area contributed by atoms with E-state index in [1.807, 2.05) is 34.5 Å². The van der Waals surface area contributed by atoms with E-state index in [2.05, 4.69) is 10.4 Å². The number of aryl methyl sites for hydroxylation is 1. The summed E-state index contributed by atoms with van der Waals surface area (Å²) >= 11 is 1.67. The van der Waals surface area contributed by atoms with E-state index >= 15 is 0 Å². The third kappa shape index (κ3) is 5.83. The van der Waals surface area contributed by atoms with Crippen molar-refractivity contribution >= 4 is 11.3 Å². The lowest BCUT2D eigenvalue weighted by Gasteiger charge is -2.12. The first-order valence-electron chi connectivity index (χ1n) is 6.81. The first-order valence-corrected chi connectivity index (χ1v) is 7.69. The highest BCUT2D eigenvalue weighted by molar-refractivity contribution is 7.09. The van der Waals surface area contributed by atoms with Gasteiger partial charge in [0, 0.05) is 30.4 Å². The Kier molecular flexibility index (Phi) is 6.73. The molecule has 6 heteroatoms. The van der Waals surface area contributed by atoms with Gasteiger partial charge in [-0.05, 0) is 30.5 Å². The third-order valence-electron chi connectivity index (χ3n) is 2.81. The van der Waals surface area contributed by atoms with E-state index in [0.29, 0.717) is 19.8 Å². The van der Waals surface area contributed by atoms with E-state index in [9.17, 15) is 5.11 Å². The predicted octanol–water partition coefficient (Wildman–Crippen LogP) is 1.50. The Balaban J connectivity index is 1.44. The zero-order chi connectivity index (χ0) is 14.0. The Morgan fingerprint density at radius 1 is 1.45 bits per heavy atom. The molecule has 2 aromatic heterocycles. The van der Waals surface area contributed by atoms with Crippen molar-refractivity contribution in [3.8, 4) is 0 Å². The zero-order valence-corrected chi connectivity index (χ0v) is 12.3.